The van der Waals surface area contributed by atoms with E-state index in [9.17, 15) is 4.39 Å². The van der Waals surface area contributed by atoms with Crippen LogP contribution >= 0.6 is 11.8 Å². The van der Waals surface area contributed by atoms with Crippen LogP contribution in [0.25, 0.3) is 0 Å². The highest BCUT2D eigenvalue weighted by molar-refractivity contribution is 7.99. The SMILES string of the molecule is NNC(CSC1CCCC1)c1cccc(F)c1. The zero-order valence-corrected chi connectivity index (χ0v) is 10.7. The molecule has 0 amide bonds. The average molecular weight is 254 g/mol. The van der Waals surface area contributed by atoms with E-state index in [2.05, 4.69) is 5.43 Å². The molecular formula is C13H19FN2S. The summed E-state index contributed by atoms with van der Waals surface area (Å²) in [7, 11) is 0. The van der Waals surface area contributed by atoms with Gasteiger partial charge in [0.05, 0.1) is 6.04 Å². The van der Waals surface area contributed by atoms with Crippen molar-refractivity contribution in [3.8, 4) is 0 Å². The van der Waals surface area contributed by atoms with Crippen molar-refractivity contribution in [2.24, 2.45) is 5.84 Å². The molecule has 1 aromatic rings. The number of benzene rings is 1. The fourth-order valence-corrected chi connectivity index (χ4v) is 3.67. The molecule has 94 valence electrons. The van der Waals surface area contributed by atoms with Crippen molar-refractivity contribution in [3.05, 3.63) is 35.6 Å². The van der Waals surface area contributed by atoms with Crippen molar-refractivity contribution < 1.29 is 4.39 Å². The van der Waals surface area contributed by atoms with Crippen molar-refractivity contribution in [3.63, 3.8) is 0 Å². The molecule has 1 fully saturated rings. The second-order valence-electron chi connectivity index (χ2n) is 4.51. The van der Waals surface area contributed by atoms with Crippen LogP contribution in [0.4, 0.5) is 4.39 Å². The Labute approximate surface area is 106 Å². The van der Waals surface area contributed by atoms with Gasteiger partial charge in [0.2, 0.25) is 0 Å². The lowest BCUT2D eigenvalue weighted by Gasteiger charge is -2.18. The van der Waals surface area contributed by atoms with Crippen LogP contribution in [0.3, 0.4) is 0 Å². The maximum Gasteiger partial charge on any atom is 0.123 e. The minimum absolute atomic E-state index is 0.0382. The first-order valence-electron chi connectivity index (χ1n) is 6.13. The highest BCUT2D eigenvalue weighted by Gasteiger charge is 2.18. The molecule has 0 aromatic heterocycles. The first-order chi connectivity index (χ1) is 8.29. The van der Waals surface area contributed by atoms with E-state index in [0.29, 0.717) is 0 Å². The molecule has 1 aromatic carbocycles. The van der Waals surface area contributed by atoms with Crippen molar-refractivity contribution in [1.82, 2.24) is 5.43 Å². The van der Waals surface area contributed by atoms with Gasteiger partial charge in [-0.15, -0.1) is 0 Å². The summed E-state index contributed by atoms with van der Waals surface area (Å²) in [5.74, 6) is 6.26. The van der Waals surface area contributed by atoms with E-state index >= 15 is 0 Å². The van der Waals surface area contributed by atoms with Crippen LogP contribution in [-0.2, 0) is 0 Å². The zero-order valence-electron chi connectivity index (χ0n) is 9.86. The molecule has 0 radical (unpaired) electrons. The molecule has 4 heteroatoms. The van der Waals surface area contributed by atoms with Crippen LogP contribution in [0.15, 0.2) is 24.3 Å². The molecular weight excluding hydrogens is 235 g/mol. The predicted octanol–water partition coefficient (Wildman–Crippen LogP) is 3.01. The minimum atomic E-state index is -0.200. The van der Waals surface area contributed by atoms with Crippen LogP contribution in [0.1, 0.15) is 37.3 Å². The number of nitrogens with two attached hydrogens (primary N) is 1. The zero-order chi connectivity index (χ0) is 12.1. The molecule has 17 heavy (non-hydrogen) atoms. The summed E-state index contributed by atoms with van der Waals surface area (Å²) in [6.45, 7) is 0. The molecule has 1 aliphatic rings. The topological polar surface area (TPSA) is 38.0 Å². The van der Waals surface area contributed by atoms with Crippen molar-refractivity contribution in [2.75, 3.05) is 5.75 Å². The Bertz CT molecular complexity index is 353. The Morgan fingerprint density at radius 2 is 2.18 bits per heavy atom. The average Bonchev–Trinajstić information content (AvgIpc) is 2.83. The molecule has 0 aliphatic heterocycles. The molecule has 1 unspecified atom stereocenters. The normalized spacial score (nSPS) is 18.5. The summed E-state index contributed by atoms with van der Waals surface area (Å²) in [5, 5.41) is 0.763. The second-order valence-corrected chi connectivity index (χ2v) is 5.85. The molecule has 1 atom stereocenters. The number of hydrazine groups is 1. The summed E-state index contributed by atoms with van der Waals surface area (Å²) in [5.41, 5.74) is 3.71. The molecule has 3 N–H and O–H groups in total. The van der Waals surface area contributed by atoms with E-state index in [4.69, 9.17) is 5.84 Å². The third-order valence-corrected chi connectivity index (χ3v) is 4.72. The van der Waals surface area contributed by atoms with E-state index in [1.54, 1.807) is 12.1 Å². The maximum atomic E-state index is 13.1. The molecule has 0 heterocycles. The summed E-state index contributed by atoms with van der Waals surface area (Å²) in [4.78, 5) is 0. The van der Waals surface area contributed by atoms with Gasteiger partial charge in [-0.25, -0.2) is 4.39 Å². The third kappa shape index (κ3) is 3.69. The lowest BCUT2D eigenvalue weighted by Crippen LogP contribution is -2.30. The Morgan fingerprint density at radius 3 is 2.82 bits per heavy atom. The fourth-order valence-electron chi connectivity index (χ4n) is 2.25. The van der Waals surface area contributed by atoms with Gasteiger partial charge in [-0.1, -0.05) is 25.0 Å². The Morgan fingerprint density at radius 1 is 1.41 bits per heavy atom. The van der Waals surface area contributed by atoms with Gasteiger partial charge in [-0.2, -0.15) is 11.8 Å². The Balaban J connectivity index is 1.91. The molecule has 0 saturated heterocycles. The quantitative estimate of drug-likeness (QED) is 0.626. The van der Waals surface area contributed by atoms with E-state index in [-0.39, 0.29) is 11.9 Å². The van der Waals surface area contributed by atoms with Crippen LogP contribution in [-0.4, -0.2) is 11.0 Å². The van der Waals surface area contributed by atoms with Gasteiger partial charge in [0.25, 0.3) is 0 Å². The van der Waals surface area contributed by atoms with Crippen LogP contribution < -0.4 is 11.3 Å². The number of rotatable bonds is 5. The van der Waals surface area contributed by atoms with Crippen molar-refractivity contribution in [2.45, 2.75) is 37.0 Å². The number of halogens is 1. The summed E-state index contributed by atoms with van der Waals surface area (Å²) >= 11 is 1.95. The van der Waals surface area contributed by atoms with Gasteiger partial charge >= 0.3 is 0 Å². The lowest BCUT2D eigenvalue weighted by atomic mass is 10.1. The first-order valence-corrected chi connectivity index (χ1v) is 7.17. The lowest BCUT2D eigenvalue weighted by molar-refractivity contribution is 0.590. The van der Waals surface area contributed by atoms with Crippen LogP contribution in [0.2, 0.25) is 0 Å². The van der Waals surface area contributed by atoms with E-state index < -0.39 is 0 Å². The smallest absolute Gasteiger partial charge is 0.123 e. The van der Waals surface area contributed by atoms with Gasteiger partial charge in [-0.05, 0) is 30.5 Å². The fraction of sp³-hybridized carbons (Fsp3) is 0.538. The summed E-state index contributed by atoms with van der Waals surface area (Å²) < 4.78 is 13.1. The number of nitrogens with one attached hydrogen (secondary N) is 1. The highest BCUT2D eigenvalue weighted by Crippen LogP contribution is 2.31. The largest absolute Gasteiger partial charge is 0.271 e. The van der Waals surface area contributed by atoms with Gasteiger partial charge in [-0.3, -0.25) is 11.3 Å². The molecule has 2 rings (SSSR count). The molecule has 0 spiro atoms. The first kappa shape index (κ1) is 12.9. The van der Waals surface area contributed by atoms with Gasteiger partial charge in [0.15, 0.2) is 0 Å². The third-order valence-electron chi connectivity index (χ3n) is 3.25. The summed E-state index contributed by atoms with van der Waals surface area (Å²) in [6.07, 6.45) is 5.31. The Kier molecular flexibility index (Phi) is 4.83. The maximum absolute atomic E-state index is 13.1. The van der Waals surface area contributed by atoms with Crippen LogP contribution in [0, 0.1) is 5.82 Å². The Hall–Kier alpha value is -0.580. The van der Waals surface area contributed by atoms with Crippen LogP contribution in [0.5, 0.6) is 0 Å². The number of hydrogen-bond acceptors (Lipinski definition) is 3. The van der Waals surface area contributed by atoms with Gasteiger partial charge in [0, 0.05) is 11.0 Å². The van der Waals surface area contributed by atoms with Gasteiger partial charge in [0.1, 0.15) is 5.82 Å². The minimum Gasteiger partial charge on any atom is -0.271 e. The van der Waals surface area contributed by atoms with Crippen molar-refractivity contribution in [1.29, 1.82) is 0 Å². The molecule has 2 nitrogen and oxygen atoms in total. The highest BCUT2D eigenvalue weighted by atomic mass is 32.2. The van der Waals surface area contributed by atoms with E-state index in [1.807, 2.05) is 17.8 Å². The van der Waals surface area contributed by atoms with E-state index in [0.717, 1.165) is 16.6 Å². The molecule has 0 bridgehead atoms. The number of hydrogen-bond donors (Lipinski definition) is 2. The predicted molar refractivity (Wildman–Crippen MR) is 71.2 cm³/mol. The standard InChI is InChI=1S/C13H19FN2S/c14-11-5-3-4-10(8-11)13(16-15)9-17-12-6-1-2-7-12/h3-5,8,12-13,16H,1-2,6-7,9,15H2. The number of thioether (sulfide) groups is 1. The monoisotopic (exact) mass is 254 g/mol. The second kappa shape index (κ2) is 6.38. The molecule has 1 saturated carbocycles. The summed E-state index contributed by atoms with van der Waals surface area (Å²) in [6, 6.07) is 6.70. The van der Waals surface area contributed by atoms with E-state index in [1.165, 1.54) is 31.7 Å². The van der Waals surface area contributed by atoms with Gasteiger partial charge < -0.3 is 0 Å². The van der Waals surface area contributed by atoms with Crippen molar-refractivity contribution >= 4 is 11.8 Å². The molecule has 1 aliphatic carbocycles.